The van der Waals surface area contributed by atoms with Gasteiger partial charge in [-0.2, -0.15) is 0 Å². The summed E-state index contributed by atoms with van der Waals surface area (Å²) >= 11 is 4.91. The lowest BCUT2D eigenvalue weighted by Gasteiger charge is -2.40. The highest BCUT2D eigenvalue weighted by Gasteiger charge is 2.23. The van der Waals surface area contributed by atoms with Gasteiger partial charge in [0.2, 0.25) is 0 Å². The summed E-state index contributed by atoms with van der Waals surface area (Å²) in [5.74, 6) is 0. The zero-order chi connectivity index (χ0) is 13.1. The second-order valence-corrected chi connectivity index (χ2v) is 5.19. The van der Waals surface area contributed by atoms with Crippen molar-refractivity contribution in [3.63, 3.8) is 0 Å². The van der Waals surface area contributed by atoms with E-state index in [2.05, 4.69) is 34.8 Å². The molecule has 4 nitrogen and oxygen atoms in total. The minimum absolute atomic E-state index is 0.353. The van der Waals surface area contributed by atoms with E-state index in [0.717, 1.165) is 25.3 Å². The second-order valence-electron chi connectivity index (χ2n) is 4.75. The van der Waals surface area contributed by atoms with Gasteiger partial charge in [0.1, 0.15) is 4.99 Å². The number of piperazine rings is 1. The molecule has 1 aromatic rings. The molecule has 1 aliphatic rings. The van der Waals surface area contributed by atoms with Crippen LogP contribution in [0.4, 0.5) is 5.69 Å². The van der Waals surface area contributed by atoms with Crippen molar-refractivity contribution in [2.45, 2.75) is 19.4 Å². The number of nitrogens with zero attached hydrogens (tertiary/aromatic N) is 3. The zero-order valence-electron chi connectivity index (χ0n) is 11.0. The van der Waals surface area contributed by atoms with Gasteiger partial charge < -0.3 is 10.6 Å². The monoisotopic (exact) mass is 264 g/mol. The summed E-state index contributed by atoms with van der Waals surface area (Å²) in [5, 5.41) is 0. The first-order chi connectivity index (χ1) is 8.61. The largest absolute Gasteiger partial charge is 0.388 e. The molecular weight excluding hydrogens is 244 g/mol. The number of hydrogen-bond donors (Lipinski definition) is 1. The van der Waals surface area contributed by atoms with Crippen molar-refractivity contribution in [3.8, 4) is 0 Å². The number of nitrogens with two attached hydrogens (primary N) is 1. The molecule has 0 bridgehead atoms. The van der Waals surface area contributed by atoms with Crippen LogP contribution in [-0.2, 0) is 0 Å². The Morgan fingerprint density at radius 1 is 1.50 bits per heavy atom. The van der Waals surface area contributed by atoms with Gasteiger partial charge >= 0.3 is 0 Å². The van der Waals surface area contributed by atoms with Gasteiger partial charge in [0.25, 0.3) is 0 Å². The number of pyridine rings is 1. The lowest BCUT2D eigenvalue weighted by molar-refractivity contribution is 0.213. The maximum atomic E-state index is 5.55. The molecule has 1 atom stereocenters. The van der Waals surface area contributed by atoms with Crippen LogP contribution in [0.25, 0.3) is 0 Å². The Kier molecular flexibility index (Phi) is 4.14. The first-order valence-corrected chi connectivity index (χ1v) is 6.73. The normalized spacial score (nSPS) is 21.0. The van der Waals surface area contributed by atoms with Crippen molar-refractivity contribution in [1.82, 2.24) is 9.88 Å². The Balaban J connectivity index is 2.09. The molecule has 1 aromatic heterocycles. The quantitative estimate of drug-likeness (QED) is 0.832. The Morgan fingerprint density at radius 3 is 2.83 bits per heavy atom. The molecule has 1 saturated heterocycles. The Hall–Kier alpha value is -1.20. The van der Waals surface area contributed by atoms with E-state index >= 15 is 0 Å². The van der Waals surface area contributed by atoms with E-state index in [-0.39, 0.29) is 0 Å². The molecule has 0 saturated carbocycles. The molecule has 1 unspecified atom stereocenters. The predicted molar refractivity (Wildman–Crippen MR) is 79.0 cm³/mol. The van der Waals surface area contributed by atoms with E-state index in [1.807, 2.05) is 12.3 Å². The van der Waals surface area contributed by atoms with Crippen molar-refractivity contribution in [2.75, 3.05) is 31.6 Å². The fourth-order valence-corrected chi connectivity index (χ4v) is 2.46. The van der Waals surface area contributed by atoms with Gasteiger partial charge in [-0.25, -0.2) is 0 Å². The number of aromatic nitrogens is 1. The van der Waals surface area contributed by atoms with Crippen LogP contribution in [0.5, 0.6) is 0 Å². The van der Waals surface area contributed by atoms with E-state index in [9.17, 15) is 0 Å². The average Bonchev–Trinajstić information content (AvgIpc) is 2.39. The highest BCUT2D eigenvalue weighted by molar-refractivity contribution is 7.80. The molecule has 0 radical (unpaired) electrons. The van der Waals surface area contributed by atoms with Crippen LogP contribution >= 0.6 is 12.2 Å². The molecule has 5 heteroatoms. The zero-order valence-corrected chi connectivity index (χ0v) is 11.8. The highest BCUT2D eigenvalue weighted by atomic mass is 32.1. The molecular formula is C13H20N4S. The molecule has 0 aromatic carbocycles. The fraction of sp³-hybridized carbons (Fsp3) is 0.538. The van der Waals surface area contributed by atoms with Crippen molar-refractivity contribution < 1.29 is 0 Å². The van der Waals surface area contributed by atoms with Crippen molar-refractivity contribution >= 4 is 22.9 Å². The molecule has 1 fully saturated rings. The fourth-order valence-electron chi connectivity index (χ4n) is 2.34. The minimum atomic E-state index is 0.353. The van der Waals surface area contributed by atoms with E-state index < -0.39 is 0 Å². The Morgan fingerprint density at radius 2 is 2.28 bits per heavy atom. The van der Waals surface area contributed by atoms with Crippen molar-refractivity contribution in [2.24, 2.45) is 5.73 Å². The summed E-state index contributed by atoms with van der Waals surface area (Å²) in [4.78, 5) is 9.46. The van der Waals surface area contributed by atoms with Crippen LogP contribution in [0.1, 0.15) is 19.0 Å². The van der Waals surface area contributed by atoms with Crippen molar-refractivity contribution in [3.05, 3.63) is 24.0 Å². The number of hydrogen-bond acceptors (Lipinski definition) is 4. The molecule has 2 rings (SSSR count). The standard InChI is InChI=1S/C13H20N4S/c1-3-10-9-17(7-6-16(10)2)11-4-5-12(13(14)18)15-8-11/h4-5,8,10H,3,6-7,9H2,1-2H3,(H2,14,18). The van der Waals surface area contributed by atoms with E-state index in [1.54, 1.807) is 0 Å². The van der Waals surface area contributed by atoms with Gasteiger partial charge in [0, 0.05) is 25.7 Å². The third-order valence-electron chi connectivity index (χ3n) is 3.61. The first kappa shape index (κ1) is 13.2. The molecule has 0 aliphatic carbocycles. The molecule has 1 aliphatic heterocycles. The Labute approximate surface area is 114 Å². The van der Waals surface area contributed by atoms with Gasteiger partial charge in [-0.05, 0) is 25.6 Å². The van der Waals surface area contributed by atoms with Gasteiger partial charge in [0.05, 0.1) is 17.6 Å². The topological polar surface area (TPSA) is 45.4 Å². The summed E-state index contributed by atoms with van der Waals surface area (Å²) in [5.41, 5.74) is 7.40. The van der Waals surface area contributed by atoms with Crippen LogP contribution in [0.15, 0.2) is 18.3 Å². The van der Waals surface area contributed by atoms with Crippen molar-refractivity contribution in [1.29, 1.82) is 0 Å². The van der Waals surface area contributed by atoms with Crippen LogP contribution in [0.3, 0.4) is 0 Å². The lowest BCUT2D eigenvalue weighted by Crippen LogP contribution is -2.51. The molecule has 2 N–H and O–H groups in total. The van der Waals surface area contributed by atoms with E-state index in [1.165, 1.54) is 6.42 Å². The Bertz CT molecular complexity index is 418. The molecule has 0 spiro atoms. The summed E-state index contributed by atoms with van der Waals surface area (Å²) in [7, 11) is 2.19. The van der Waals surface area contributed by atoms with Gasteiger partial charge in [-0.1, -0.05) is 19.1 Å². The third kappa shape index (κ3) is 2.79. The molecule has 98 valence electrons. The van der Waals surface area contributed by atoms with Crippen LogP contribution in [0.2, 0.25) is 0 Å². The number of rotatable bonds is 3. The number of likely N-dealkylation sites (N-methyl/N-ethyl adjacent to an activating group) is 1. The second kappa shape index (κ2) is 5.63. The number of thiocarbonyl (C=S) groups is 1. The van der Waals surface area contributed by atoms with Gasteiger partial charge in [0.15, 0.2) is 0 Å². The lowest BCUT2D eigenvalue weighted by atomic mass is 10.1. The third-order valence-corrected chi connectivity index (χ3v) is 3.82. The summed E-state index contributed by atoms with van der Waals surface area (Å²) in [6.45, 7) is 5.43. The van der Waals surface area contributed by atoms with Gasteiger partial charge in [-0.3, -0.25) is 9.88 Å². The molecule has 0 amide bonds. The number of anilines is 1. The maximum absolute atomic E-state index is 5.55. The van der Waals surface area contributed by atoms with Crippen LogP contribution in [-0.4, -0.2) is 47.6 Å². The van der Waals surface area contributed by atoms with E-state index in [0.29, 0.717) is 16.7 Å². The molecule has 2 heterocycles. The summed E-state index contributed by atoms with van der Waals surface area (Å²) in [6, 6.07) is 4.57. The van der Waals surface area contributed by atoms with E-state index in [4.69, 9.17) is 18.0 Å². The highest BCUT2D eigenvalue weighted by Crippen LogP contribution is 2.19. The maximum Gasteiger partial charge on any atom is 0.122 e. The SMILES string of the molecule is CCC1CN(c2ccc(C(N)=S)nc2)CCN1C. The minimum Gasteiger partial charge on any atom is -0.388 e. The molecule has 18 heavy (non-hydrogen) atoms. The average molecular weight is 264 g/mol. The first-order valence-electron chi connectivity index (χ1n) is 6.33. The summed E-state index contributed by atoms with van der Waals surface area (Å²) < 4.78 is 0. The van der Waals surface area contributed by atoms with Crippen LogP contribution in [0, 0.1) is 0 Å². The predicted octanol–water partition coefficient (Wildman–Crippen LogP) is 1.25. The smallest absolute Gasteiger partial charge is 0.122 e. The van der Waals surface area contributed by atoms with Gasteiger partial charge in [-0.15, -0.1) is 0 Å². The van der Waals surface area contributed by atoms with Crippen LogP contribution < -0.4 is 10.6 Å². The summed E-state index contributed by atoms with van der Waals surface area (Å²) in [6.07, 6.45) is 3.04.